The van der Waals surface area contributed by atoms with Gasteiger partial charge in [0.1, 0.15) is 6.07 Å². The van der Waals surface area contributed by atoms with Crippen LogP contribution in [0, 0.1) is 18.3 Å². The first-order valence-corrected chi connectivity index (χ1v) is 4.20. The van der Waals surface area contributed by atoms with Crippen molar-refractivity contribution in [1.29, 1.82) is 5.26 Å². The van der Waals surface area contributed by atoms with Crippen molar-refractivity contribution >= 4 is 23.0 Å². The number of aryl methyl sites for hydroxylation is 1. The van der Waals surface area contributed by atoms with Crippen molar-refractivity contribution in [1.82, 2.24) is 4.98 Å². The Morgan fingerprint density at radius 3 is 2.92 bits per heavy atom. The summed E-state index contributed by atoms with van der Waals surface area (Å²) in [5.41, 5.74) is 1.21. The number of nitriles is 1. The van der Waals surface area contributed by atoms with E-state index in [1.165, 1.54) is 11.3 Å². The lowest BCUT2D eigenvalue weighted by Gasteiger charge is -1.90. The Morgan fingerprint density at radius 2 is 2.42 bits per heavy atom. The van der Waals surface area contributed by atoms with Gasteiger partial charge in [-0.1, -0.05) is 13.2 Å². The molecule has 1 aromatic rings. The van der Waals surface area contributed by atoms with E-state index in [1.54, 1.807) is 6.08 Å². The number of rotatable bonds is 2. The van der Waals surface area contributed by atoms with E-state index in [0.717, 1.165) is 15.6 Å². The van der Waals surface area contributed by atoms with E-state index in [-0.39, 0.29) is 0 Å². The van der Waals surface area contributed by atoms with Crippen molar-refractivity contribution in [2.75, 3.05) is 0 Å². The summed E-state index contributed by atoms with van der Waals surface area (Å²) in [5, 5.41) is 9.54. The molecule has 0 aliphatic heterocycles. The Bertz CT molecular complexity index is 368. The van der Waals surface area contributed by atoms with Crippen molar-refractivity contribution in [3.05, 3.63) is 28.7 Å². The van der Waals surface area contributed by atoms with Crippen LogP contribution in [-0.2, 0) is 0 Å². The monoisotopic (exact) mass is 176 g/mol. The van der Waals surface area contributed by atoms with Crippen molar-refractivity contribution in [3.63, 3.8) is 0 Å². The summed E-state index contributed by atoms with van der Waals surface area (Å²) in [7, 11) is 0. The van der Waals surface area contributed by atoms with Crippen LogP contribution in [0.1, 0.15) is 15.6 Å². The van der Waals surface area contributed by atoms with E-state index in [1.807, 2.05) is 13.0 Å². The highest BCUT2D eigenvalue weighted by molar-refractivity contribution is 7.13. The van der Waals surface area contributed by atoms with Crippen LogP contribution in [0.4, 0.5) is 0 Å². The summed E-state index contributed by atoms with van der Waals surface area (Å²) in [4.78, 5) is 5.01. The zero-order chi connectivity index (χ0) is 9.14. The molecule has 0 fully saturated rings. The minimum Gasteiger partial charge on any atom is -0.241 e. The molecule has 2 nitrogen and oxygen atoms in total. The average molecular weight is 176 g/mol. The Balaban J connectivity index is 3.24. The van der Waals surface area contributed by atoms with Gasteiger partial charge in [0.05, 0.1) is 21.2 Å². The molecule has 0 aliphatic rings. The highest BCUT2D eigenvalue weighted by atomic mass is 32.1. The van der Waals surface area contributed by atoms with Crippen LogP contribution in [0.5, 0.6) is 0 Å². The molecule has 1 aromatic heterocycles. The maximum absolute atomic E-state index is 8.61. The molecular weight excluding hydrogens is 168 g/mol. The highest BCUT2D eigenvalue weighted by Gasteiger charge is 2.08. The van der Waals surface area contributed by atoms with Gasteiger partial charge >= 0.3 is 0 Å². The van der Waals surface area contributed by atoms with Crippen LogP contribution in [0.25, 0.3) is 11.6 Å². The third kappa shape index (κ3) is 1.44. The van der Waals surface area contributed by atoms with E-state index < -0.39 is 0 Å². The molecule has 0 unspecified atom stereocenters. The van der Waals surface area contributed by atoms with Gasteiger partial charge in [-0.3, -0.25) is 0 Å². The van der Waals surface area contributed by atoms with Crippen LogP contribution >= 0.6 is 11.3 Å². The van der Waals surface area contributed by atoms with Gasteiger partial charge in [0, 0.05) is 0 Å². The topological polar surface area (TPSA) is 36.7 Å². The van der Waals surface area contributed by atoms with Crippen molar-refractivity contribution in [2.24, 2.45) is 0 Å². The maximum atomic E-state index is 8.61. The normalized spacial score (nSPS) is 9.00. The second kappa shape index (κ2) is 3.33. The fourth-order valence-electron chi connectivity index (χ4n) is 0.849. The molecular formula is C9H8N2S. The fourth-order valence-corrected chi connectivity index (χ4v) is 1.69. The van der Waals surface area contributed by atoms with Crippen molar-refractivity contribution < 1.29 is 0 Å². The molecule has 0 amide bonds. The standard InChI is InChI=1S/C9H8N2S/c1-4-8-9(6(2)5-10)12-7(3)11-8/h4H,1-2H2,3H3. The highest BCUT2D eigenvalue weighted by Crippen LogP contribution is 2.25. The van der Waals surface area contributed by atoms with E-state index in [4.69, 9.17) is 5.26 Å². The van der Waals surface area contributed by atoms with Gasteiger partial charge < -0.3 is 0 Å². The number of allylic oxidation sites excluding steroid dienone is 1. The van der Waals surface area contributed by atoms with Crippen LogP contribution in [-0.4, -0.2) is 4.98 Å². The molecule has 0 spiro atoms. The van der Waals surface area contributed by atoms with E-state index in [9.17, 15) is 0 Å². The Kier molecular flexibility index (Phi) is 2.41. The zero-order valence-corrected chi connectivity index (χ0v) is 7.61. The Hall–Kier alpha value is -1.40. The minimum absolute atomic E-state index is 0.454. The zero-order valence-electron chi connectivity index (χ0n) is 6.79. The van der Waals surface area contributed by atoms with Crippen LogP contribution in [0.15, 0.2) is 13.2 Å². The van der Waals surface area contributed by atoms with E-state index in [2.05, 4.69) is 18.1 Å². The number of hydrogen-bond donors (Lipinski definition) is 0. The molecule has 1 heterocycles. The van der Waals surface area contributed by atoms with Gasteiger partial charge in [0.15, 0.2) is 0 Å². The number of nitrogens with zero attached hydrogens (tertiary/aromatic N) is 2. The summed E-state index contributed by atoms with van der Waals surface area (Å²) in [6.45, 7) is 9.14. The molecule has 0 aliphatic carbocycles. The molecule has 0 bridgehead atoms. The third-order valence-corrected chi connectivity index (χ3v) is 2.41. The summed E-state index contributed by atoms with van der Waals surface area (Å²) in [5.74, 6) is 0. The van der Waals surface area contributed by atoms with Gasteiger partial charge in [-0.2, -0.15) is 5.26 Å². The average Bonchev–Trinajstić information content (AvgIpc) is 2.45. The van der Waals surface area contributed by atoms with Crippen LogP contribution in [0.2, 0.25) is 0 Å². The fraction of sp³-hybridized carbons (Fsp3) is 0.111. The molecule has 3 heteroatoms. The smallest absolute Gasteiger partial charge is 0.100 e. The van der Waals surface area contributed by atoms with Crippen LogP contribution < -0.4 is 0 Å². The van der Waals surface area contributed by atoms with Gasteiger partial charge in [-0.15, -0.1) is 11.3 Å². The Labute approximate surface area is 75.5 Å². The van der Waals surface area contributed by atoms with E-state index >= 15 is 0 Å². The first-order valence-electron chi connectivity index (χ1n) is 3.38. The predicted octanol–water partition coefficient (Wildman–Crippen LogP) is 2.63. The van der Waals surface area contributed by atoms with Gasteiger partial charge in [-0.25, -0.2) is 4.98 Å². The van der Waals surface area contributed by atoms with Crippen molar-refractivity contribution in [2.45, 2.75) is 6.92 Å². The van der Waals surface area contributed by atoms with Gasteiger partial charge in [0.2, 0.25) is 0 Å². The summed E-state index contributed by atoms with van der Waals surface area (Å²) < 4.78 is 0. The van der Waals surface area contributed by atoms with E-state index in [0.29, 0.717) is 5.57 Å². The first kappa shape index (κ1) is 8.69. The lowest BCUT2D eigenvalue weighted by molar-refractivity contribution is 1.27. The number of thiazole rings is 1. The minimum atomic E-state index is 0.454. The lowest BCUT2D eigenvalue weighted by Crippen LogP contribution is -1.78. The summed E-state index contributed by atoms with van der Waals surface area (Å²) in [6.07, 6.45) is 1.64. The SMILES string of the molecule is C=Cc1nc(C)sc1C(=C)C#N. The second-order valence-corrected chi connectivity index (χ2v) is 3.44. The summed E-state index contributed by atoms with van der Waals surface area (Å²) in [6, 6.07) is 2.00. The lowest BCUT2D eigenvalue weighted by atomic mass is 10.2. The second-order valence-electron chi connectivity index (χ2n) is 2.24. The first-order chi connectivity index (χ1) is 5.69. The predicted molar refractivity (Wildman–Crippen MR) is 51.6 cm³/mol. The molecule has 0 atom stereocenters. The molecule has 0 aromatic carbocycles. The molecule has 0 saturated carbocycles. The van der Waals surface area contributed by atoms with Gasteiger partial charge in [0.25, 0.3) is 0 Å². The molecule has 60 valence electrons. The molecule has 1 rings (SSSR count). The molecule has 12 heavy (non-hydrogen) atoms. The molecule has 0 radical (unpaired) electrons. The molecule has 0 N–H and O–H groups in total. The van der Waals surface area contributed by atoms with Crippen molar-refractivity contribution in [3.8, 4) is 6.07 Å². The van der Waals surface area contributed by atoms with Gasteiger partial charge in [-0.05, 0) is 13.0 Å². The third-order valence-electron chi connectivity index (χ3n) is 1.36. The van der Waals surface area contributed by atoms with Crippen LogP contribution in [0.3, 0.4) is 0 Å². The maximum Gasteiger partial charge on any atom is 0.100 e. The largest absolute Gasteiger partial charge is 0.241 e. The Morgan fingerprint density at radius 1 is 1.75 bits per heavy atom. The quantitative estimate of drug-likeness (QED) is 0.649. The summed E-state index contributed by atoms with van der Waals surface area (Å²) >= 11 is 1.47. The molecule has 0 saturated heterocycles. The number of aromatic nitrogens is 1. The number of hydrogen-bond acceptors (Lipinski definition) is 3.